The van der Waals surface area contributed by atoms with Crippen molar-refractivity contribution < 1.29 is 10.0 Å². The van der Waals surface area contributed by atoms with Crippen LogP contribution in [-0.2, 0) is 0 Å². The number of nitro benzene ring substituents is 1. The Balaban J connectivity index is 1.98. The first-order valence-electron chi connectivity index (χ1n) is 7.22. The van der Waals surface area contributed by atoms with Crippen LogP contribution in [0.1, 0.15) is 36.6 Å². The van der Waals surface area contributed by atoms with Crippen LogP contribution in [0, 0.1) is 10.1 Å². The minimum absolute atomic E-state index is 0.00506. The molecular weight excluding hydrogens is 280 g/mol. The van der Waals surface area contributed by atoms with Gasteiger partial charge >= 0.3 is 0 Å². The van der Waals surface area contributed by atoms with E-state index in [-0.39, 0.29) is 5.69 Å². The summed E-state index contributed by atoms with van der Waals surface area (Å²) in [6.45, 7) is 0. The highest BCUT2D eigenvalue weighted by Crippen LogP contribution is 2.40. The fourth-order valence-electron chi connectivity index (χ4n) is 2.91. The molecule has 112 valence electrons. The van der Waals surface area contributed by atoms with Gasteiger partial charge in [0.2, 0.25) is 0 Å². The average molecular weight is 296 g/mol. The fraction of sp³-hybridized carbons (Fsp3) is 0.235. The van der Waals surface area contributed by atoms with Gasteiger partial charge < -0.3 is 5.11 Å². The lowest BCUT2D eigenvalue weighted by Crippen LogP contribution is -2.03. The molecule has 3 rings (SSSR count). The Morgan fingerprint density at radius 1 is 1.18 bits per heavy atom. The second kappa shape index (κ2) is 6.07. The van der Waals surface area contributed by atoms with Crippen molar-refractivity contribution in [1.82, 2.24) is 4.98 Å². The zero-order valence-corrected chi connectivity index (χ0v) is 12.0. The van der Waals surface area contributed by atoms with Crippen LogP contribution in [0.5, 0.6) is 0 Å². The molecule has 0 unspecified atom stereocenters. The van der Waals surface area contributed by atoms with E-state index in [1.165, 1.54) is 12.1 Å². The number of pyridine rings is 1. The quantitative estimate of drug-likeness (QED) is 0.690. The molecule has 5 heteroatoms. The number of aliphatic hydroxyl groups excluding tert-OH is 1. The van der Waals surface area contributed by atoms with Crippen molar-refractivity contribution in [2.24, 2.45) is 0 Å². The lowest BCUT2D eigenvalue weighted by Gasteiger charge is -2.15. The summed E-state index contributed by atoms with van der Waals surface area (Å²) in [4.78, 5) is 14.8. The van der Waals surface area contributed by atoms with Crippen LogP contribution in [0.25, 0.3) is 5.57 Å². The average Bonchev–Trinajstić information content (AvgIpc) is 3.04. The molecule has 1 N–H and O–H groups in total. The van der Waals surface area contributed by atoms with Crippen LogP contribution in [0.2, 0.25) is 0 Å². The summed E-state index contributed by atoms with van der Waals surface area (Å²) >= 11 is 0. The van der Waals surface area contributed by atoms with Crippen LogP contribution in [0.15, 0.2) is 54.2 Å². The van der Waals surface area contributed by atoms with E-state index in [0.717, 1.165) is 36.1 Å². The Labute approximate surface area is 128 Å². The second-order valence-electron chi connectivity index (χ2n) is 5.33. The van der Waals surface area contributed by atoms with Gasteiger partial charge in [-0.2, -0.15) is 0 Å². The molecule has 0 aliphatic heterocycles. The van der Waals surface area contributed by atoms with E-state index in [9.17, 15) is 15.2 Å². The Morgan fingerprint density at radius 2 is 2.05 bits per heavy atom. The molecule has 0 fully saturated rings. The maximum Gasteiger partial charge on any atom is 0.269 e. The first-order valence-corrected chi connectivity index (χ1v) is 7.22. The molecule has 0 spiro atoms. The van der Waals surface area contributed by atoms with Crippen molar-refractivity contribution in [3.8, 4) is 0 Å². The summed E-state index contributed by atoms with van der Waals surface area (Å²) in [6, 6.07) is 11.9. The number of hydrogen-bond acceptors (Lipinski definition) is 4. The van der Waals surface area contributed by atoms with Crippen molar-refractivity contribution in [2.75, 3.05) is 0 Å². The SMILES string of the molecule is O=[N+]([O-])c1cccc([C@H](O)C2=C(c3ccccn3)CCC2)c1. The Bertz CT molecular complexity index is 726. The summed E-state index contributed by atoms with van der Waals surface area (Å²) < 4.78 is 0. The normalized spacial score (nSPS) is 15.9. The molecule has 0 radical (unpaired) electrons. The molecule has 0 saturated carbocycles. The number of nitro groups is 1. The van der Waals surface area contributed by atoms with Crippen molar-refractivity contribution >= 4 is 11.3 Å². The minimum Gasteiger partial charge on any atom is -0.384 e. The second-order valence-corrected chi connectivity index (χ2v) is 5.33. The summed E-state index contributed by atoms with van der Waals surface area (Å²) in [6.07, 6.45) is 3.54. The number of non-ortho nitro benzene ring substituents is 1. The van der Waals surface area contributed by atoms with Gasteiger partial charge in [-0.1, -0.05) is 18.2 Å². The van der Waals surface area contributed by atoms with Gasteiger partial charge in [0.1, 0.15) is 6.10 Å². The highest BCUT2D eigenvalue weighted by atomic mass is 16.6. The monoisotopic (exact) mass is 296 g/mol. The third kappa shape index (κ3) is 2.76. The van der Waals surface area contributed by atoms with Gasteiger partial charge in [-0.25, -0.2) is 0 Å². The van der Waals surface area contributed by atoms with Gasteiger partial charge in [0.25, 0.3) is 5.69 Å². The Morgan fingerprint density at radius 3 is 2.77 bits per heavy atom. The van der Waals surface area contributed by atoms with E-state index in [1.807, 2.05) is 18.2 Å². The van der Waals surface area contributed by atoms with Crippen molar-refractivity contribution in [1.29, 1.82) is 0 Å². The minimum atomic E-state index is -0.820. The van der Waals surface area contributed by atoms with Gasteiger partial charge in [0.15, 0.2) is 0 Å². The number of aromatic nitrogens is 1. The predicted octanol–water partition coefficient (Wildman–Crippen LogP) is 3.66. The predicted molar refractivity (Wildman–Crippen MR) is 83.1 cm³/mol. The van der Waals surface area contributed by atoms with Gasteiger partial charge in [-0.3, -0.25) is 15.1 Å². The summed E-state index contributed by atoms with van der Waals surface area (Å²) in [5.41, 5.74) is 3.40. The fourth-order valence-corrected chi connectivity index (χ4v) is 2.91. The Kier molecular flexibility index (Phi) is 3.98. The van der Waals surface area contributed by atoms with Gasteiger partial charge in [0.05, 0.1) is 10.6 Å². The molecule has 0 saturated heterocycles. The van der Waals surface area contributed by atoms with E-state index in [4.69, 9.17) is 0 Å². The molecule has 1 aliphatic carbocycles. The third-order valence-corrected chi connectivity index (χ3v) is 3.96. The van der Waals surface area contributed by atoms with E-state index in [1.54, 1.807) is 18.3 Å². The zero-order valence-electron chi connectivity index (χ0n) is 12.0. The summed E-state index contributed by atoms with van der Waals surface area (Å²) in [7, 11) is 0. The summed E-state index contributed by atoms with van der Waals surface area (Å²) in [5, 5.41) is 21.5. The lowest BCUT2D eigenvalue weighted by atomic mass is 9.96. The topological polar surface area (TPSA) is 76.3 Å². The van der Waals surface area contributed by atoms with Crippen LogP contribution in [0.3, 0.4) is 0 Å². The molecule has 22 heavy (non-hydrogen) atoms. The summed E-state index contributed by atoms with van der Waals surface area (Å²) in [5.74, 6) is 0. The number of allylic oxidation sites excluding steroid dienone is 1. The van der Waals surface area contributed by atoms with Gasteiger partial charge in [0, 0.05) is 18.3 Å². The van der Waals surface area contributed by atoms with Crippen molar-refractivity contribution in [2.45, 2.75) is 25.4 Å². The van der Waals surface area contributed by atoms with E-state index < -0.39 is 11.0 Å². The molecule has 1 aliphatic rings. The van der Waals surface area contributed by atoms with Gasteiger partial charge in [-0.15, -0.1) is 0 Å². The first-order chi connectivity index (χ1) is 10.7. The molecule has 1 heterocycles. The van der Waals surface area contributed by atoms with Crippen LogP contribution in [-0.4, -0.2) is 15.0 Å². The molecule has 5 nitrogen and oxygen atoms in total. The maximum absolute atomic E-state index is 10.9. The molecule has 1 atom stereocenters. The van der Waals surface area contributed by atoms with Crippen LogP contribution >= 0.6 is 0 Å². The molecular formula is C17H16N2O3. The smallest absolute Gasteiger partial charge is 0.269 e. The lowest BCUT2D eigenvalue weighted by molar-refractivity contribution is -0.385. The van der Waals surface area contributed by atoms with Gasteiger partial charge in [-0.05, 0) is 48.1 Å². The standard InChI is InChI=1S/C17H16N2O3/c20-17(12-5-3-6-13(11-12)19(21)22)15-8-4-7-14(15)16-9-1-2-10-18-16/h1-3,5-6,9-11,17,20H,4,7-8H2/t17-/m0/s1. The van der Waals surface area contributed by atoms with Crippen LogP contribution in [0.4, 0.5) is 5.69 Å². The largest absolute Gasteiger partial charge is 0.384 e. The number of rotatable bonds is 4. The van der Waals surface area contributed by atoms with Crippen molar-refractivity contribution in [3.63, 3.8) is 0 Å². The molecule has 2 aromatic rings. The first kappa shape index (κ1) is 14.4. The van der Waals surface area contributed by atoms with E-state index >= 15 is 0 Å². The van der Waals surface area contributed by atoms with Crippen molar-refractivity contribution in [3.05, 3.63) is 75.6 Å². The molecule has 1 aromatic carbocycles. The molecule has 0 bridgehead atoms. The number of nitrogens with zero attached hydrogens (tertiary/aromatic N) is 2. The van der Waals surface area contributed by atoms with E-state index in [2.05, 4.69) is 4.98 Å². The molecule has 0 amide bonds. The highest BCUT2D eigenvalue weighted by Gasteiger charge is 2.24. The number of hydrogen-bond donors (Lipinski definition) is 1. The Hall–Kier alpha value is -2.53. The number of aliphatic hydroxyl groups is 1. The third-order valence-electron chi connectivity index (χ3n) is 3.96. The van der Waals surface area contributed by atoms with E-state index in [0.29, 0.717) is 5.56 Å². The molecule has 1 aromatic heterocycles. The van der Waals surface area contributed by atoms with Crippen LogP contribution < -0.4 is 0 Å². The highest BCUT2D eigenvalue weighted by molar-refractivity contribution is 5.69. The maximum atomic E-state index is 10.9. The zero-order chi connectivity index (χ0) is 15.5. The number of benzene rings is 1.